The summed E-state index contributed by atoms with van der Waals surface area (Å²) < 4.78 is 5.05. The highest BCUT2D eigenvalue weighted by Gasteiger charge is 2.16. The number of nitrogens with zero attached hydrogens (tertiary/aromatic N) is 2. The number of fused-ring (bicyclic) bond motifs is 6. The smallest absolute Gasteiger partial charge is 0.0992 e. The van der Waals surface area contributed by atoms with E-state index in [4.69, 9.17) is 0 Å². The molecule has 2 heterocycles. The molecular weight excluding hydrogens is 549 g/mol. The monoisotopic (exact) mass is 568 g/mol. The highest BCUT2D eigenvalue weighted by Crippen LogP contribution is 2.44. The first-order valence-electron chi connectivity index (χ1n) is 13.6. The van der Waals surface area contributed by atoms with Gasteiger partial charge in [-0.05, 0) is 94.0 Å². The van der Waals surface area contributed by atoms with Crippen LogP contribution in [0.15, 0.2) is 121 Å². The molecule has 8 rings (SSSR count). The Morgan fingerprint density at radius 3 is 1.33 bits per heavy atom. The summed E-state index contributed by atoms with van der Waals surface area (Å²) in [6.45, 7) is 0. The molecule has 0 N–H and O–H groups in total. The number of thiophene rings is 2. The van der Waals surface area contributed by atoms with Crippen LogP contribution < -0.4 is 0 Å². The Bertz CT molecular complexity index is 2280. The summed E-state index contributed by atoms with van der Waals surface area (Å²) >= 11 is 3.63. The van der Waals surface area contributed by atoms with Gasteiger partial charge in [0.2, 0.25) is 0 Å². The van der Waals surface area contributed by atoms with Crippen molar-refractivity contribution in [2.75, 3.05) is 0 Å². The number of rotatable bonds is 3. The minimum Gasteiger partial charge on any atom is -0.192 e. The van der Waals surface area contributed by atoms with Crippen LogP contribution in [0.1, 0.15) is 11.1 Å². The van der Waals surface area contributed by atoms with Crippen molar-refractivity contribution in [2.24, 2.45) is 0 Å². The van der Waals surface area contributed by atoms with Gasteiger partial charge in [-0.2, -0.15) is 10.5 Å². The quantitative estimate of drug-likeness (QED) is 0.213. The zero-order valence-electron chi connectivity index (χ0n) is 22.3. The average molecular weight is 569 g/mol. The van der Waals surface area contributed by atoms with Crippen molar-refractivity contribution in [3.8, 4) is 45.5 Å². The Labute approximate surface area is 250 Å². The maximum atomic E-state index is 9.73. The zero-order valence-corrected chi connectivity index (χ0v) is 23.9. The van der Waals surface area contributed by atoms with Gasteiger partial charge in [-0.25, -0.2) is 0 Å². The van der Waals surface area contributed by atoms with Gasteiger partial charge in [0, 0.05) is 40.3 Å². The molecule has 6 aromatic carbocycles. The topological polar surface area (TPSA) is 47.6 Å². The summed E-state index contributed by atoms with van der Waals surface area (Å²) in [7, 11) is 0. The highest BCUT2D eigenvalue weighted by atomic mass is 32.1. The molecule has 0 unspecified atom stereocenters. The first kappa shape index (κ1) is 24.5. The predicted molar refractivity (Wildman–Crippen MR) is 178 cm³/mol. The Morgan fingerprint density at radius 1 is 0.405 bits per heavy atom. The van der Waals surface area contributed by atoms with Crippen molar-refractivity contribution < 1.29 is 0 Å². The van der Waals surface area contributed by atoms with Gasteiger partial charge in [0.1, 0.15) is 0 Å². The number of hydrogen-bond donors (Lipinski definition) is 0. The second-order valence-electron chi connectivity index (χ2n) is 10.4. The highest BCUT2D eigenvalue weighted by molar-refractivity contribution is 7.26. The van der Waals surface area contributed by atoms with Crippen LogP contribution in [0.2, 0.25) is 0 Å². The maximum Gasteiger partial charge on any atom is 0.0992 e. The van der Waals surface area contributed by atoms with Crippen LogP contribution in [0.4, 0.5) is 0 Å². The molecule has 0 atom stereocenters. The molecule has 0 aliphatic heterocycles. The fourth-order valence-corrected chi connectivity index (χ4v) is 8.32. The largest absolute Gasteiger partial charge is 0.192 e. The Morgan fingerprint density at radius 2 is 0.833 bits per heavy atom. The predicted octanol–water partition coefficient (Wildman–Crippen LogP) is 11.2. The summed E-state index contributed by atoms with van der Waals surface area (Å²) in [5.41, 5.74) is 7.35. The third kappa shape index (κ3) is 3.90. The molecule has 0 bridgehead atoms. The minimum atomic E-state index is 0.480. The van der Waals surface area contributed by atoms with Gasteiger partial charge in [0.05, 0.1) is 23.3 Å². The molecule has 0 spiro atoms. The average Bonchev–Trinajstić information content (AvgIpc) is 3.62. The lowest BCUT2D eigenvalue weighted by atomic mass is 9.89. The second kappa shape index (κ2) is 9.68. The molecule has 0 aliphatic rings. The van der Waals surface area contributed by atoms with E-state index >= 15 is 0 Å². The summed E-state index contributed by atoms with van der Waals surface area (Å²) in [6, 6.07) is 46.8. The van der Waals surface area contributed by atoms with E-state index in [9.17, 15) is 10.5 Å². The third-order valence-corrected chi connectivity index (χ3v) is 10.2. The van der Waals surface area contributed by atoms with Crippen LogP contribution >= 0.6 is 22.7 Å². The van der Waals surface area contributed by atoms with E-state index in [2.05, 4.69) is 115 Å². The molecule has 2 aromatic heterocycles. The van der Waals surface area contributed by atoms with E-state index in [-0.39, 0.29) is 0 Å². The van der Waals surface area contributed by atoms with Crippen LogP contribution in [-0.2, 0) is 0 Å². The van der Waals surface area contributed by atoms with Crippen molar-refractivity contribution in [1.29, 1.82) is 10.5 Å². The Hall–Kier alpha value is -5.26. The van der Waals surface area contributed by atoms with Crippen molar-refractivity contribution in [1.82, 2.24) is 0 Å². The van der Waals surface area contributed by atoms with Gasteiger partial charge in [-0.3, -0.25) is 0 Å². The van der Waals surface area contributed by atoms with E-state index in [0.717, 1.165) is 22.3 Å². The van der Waals surface area contributed by atoms with Gasteiger partial charge < -0.3 is 0 Å². The lowest BCUT2D eigenvalue weighted by Gasteiger charge is -2.14. The number of nitriles is 2. The molecule has 42 heavy (non-hydrogen) atoms. The first-order chi connectivity index (χ1) is 20.7. The molecule has 0 saturated carbocycles. The normalized spacial score (nSPS) is 11.3. The van der Waals surface area contributed by atoms with E-state index in [1.54, 1.807) is 6.07 Å². The molecule has 0 amide bonds. The first-order valence-corrected chi connectivity index (χ1v) is 15.3. The lowest BCUT2D eigenvalue weighted by Crippen LogP contribution is -1.89. The van der Waals surface area contributed by atoms with Crippen molar-refractivity contribution in [2.45, 2.75) is 0 Å². The fraction of sp³-hybridized carbons (Fsp3) is 0. The number of hydrogen-bond acceptors (Lipinski definition) is 4. The summed E-state index contributed by atoms with van der Waals surface area (Å²) in [5.74, 6) is 0. The van der Waals surface area contributed by atoms with Gasteiger partial charge in [-0.1, -0.05) is 60.7 Å². The van der Waals surface area contributed by atoms with Crippen LogP contribution in [0.25, 0.3) is 73.7 Å². The summed E-state index contributed by atoms with van der Waals surface area (Å²) in [5, 5.41) is 24.5. The molecule has 0 aliphatic carbocycles. The molecule has 194 valence electrons. The van der Waals surface area contributed by atoms with Crippen LogP contribution in [0.3, 0.4) is 0 Å². The Balaban J connectivity index is 1.47. The molecule has 0 radical (unpaired) electrons. The molecule has 4 heteroatoms. The molecule has 8 aromatic rings. The fourth-order valence-electron chi connectivity index (χ4n) is 6.06. The molecular formula is C38H20N2S2. The van der Waals surface area contributed by atoms with Crippen LogP contribution in [-0.4, -0.2) is 0 Å². The van der Waals surface area contributed by atoms with E-state index in [1.807, 2.05) is 34.8 Å². The molecule has 2 nitrogen and oxygen atoms in total. The van der Waals surface area contributed by atoms with Crippen LogP contribution in [0.5, 0.6) is 0 Å². The van der Waals surface area contributed by atoms with E-state index < -0.39 is 0 Å². The number of benzene rings is 6. The molecule has 0 fully saturated rings. The zero-order chi connectivity index (χ0) is 28.2. The van der Waals surface area contributed by atoms with Gasteiger partial charge in [0.15, 0.2) is 0 Å². The van der Waals surface area contributed by atoms with Gasteiger partial charge in [0.25, 0.3) is 0 Å². The summed E-state index contributed by atoms with van der Waals surface area (Å²) in [4.78, 5) is 0. The third-order valence-electron chi connectivity index (χ3n) is 7.88. The van der Waals surface area contributed by atoms with Gasteiger partial charge in [-0.15, -0.1) is 22.7 Å². The van der Waals surface area contributed by atoms with Crippen LogP contribution in [0, 0.1) is 22.7 Å². The second-order valence-corrected chi connectivity index (χ2v) is 12.5. The summed E-state index contributed by atoms with van der Waals surface area (Å²) in [6.07, 6.45) is 0. The SMILES string of the molecule is N#Cc1cc(C#N)cc(-c2cc(-c3cccc4sc5ccccc5c34)cc(-c3cccc4sc5ccccc5c34)c2)c1. The van der Waals surface area contributed by atoms with Gasteiger partial charge >= 0.3 is 0 Å². The standard InChI is InChI=1S/C38H20N2S2/c39-21-23-15-24(22-40)17-25(16-23)26-18-27(29-9-5-13-35-37(29)31-7-1-3-11-33(31)41-35)20-28(19-26)30-10-6-14-36-38(30)32-8-2-4-12-34(32)42-36/h1-20H. The molecule has 0 saturated heterocycles. The minimum absolute atomic E-state index is 0.480. The van der Waals surface area contributed by atoms with E-state index in [0.29, 0.717) is 11.1 Å². The lowest BCUT2D eigenvalue weighted by molar-refractivity contribution is 1.44. The van der Waals surface area contributed by atoms with E-state index in [1.165, 1.54) is 51.5 Å². The van der Waals surface area contributed by atoms with Crippen molar-refractivity contribution in [3.63, 3.8) is 0 Å². The maximum absolute atomic E-state index is 9.73. The van der Waals surface area contributed by atoms with Crippen molar-refractivity contribution >= 4 is 63.0 Å². The Kier molecular flexibility index (Phi) is 5.66. The van der Waals surface area contributed by atoms with Crippen molar-refractivity contribution in [3.05, 3.63) is 132 Å².